The first kappa shape index (κ1) is 33.1. The summed E-state index contributed by atoms with van der Waals surface area (Å²) in [5.41, 5.74) is 3.45. The predicted octanol–water partition coefficient (Wildman–Crippen LogP) is 3.28. The smallest absolute Gasteiger partial charge is 0.243 e. The molecule has 0 radical (unpaired) electrons. The van der Waals surface area contributed by atoms with Gasteiger partial charge in [0.15, 0.2) is 0 Å². The Labute approximate surface area is 265 Å². The van der Waals surface area contributed by atoms with E-state index in [2.05, 4.69) is 33.2 Å². The summed E-state index contributed by atoms with van der Waals surface area (Å²) in [5.74, 6) is 0.778. The van der Waals surface area contributed by atoms with E-state index in [4.69, 9.17) is 4.98 Å². The van der Waals surface area contributed by atoms with Crippen LogP contribution in [0.3, 0.4) is 0 Å². The van der Waals surface area contributed by atoms with Crippen LogP contribution in [0, 0.1) is 12.8 Å². The normalized spacial score (nSPS) is 21.9. The van der Waals surface area contributed by atoms with E-state index in [1.807, 2.05) is 72.8 Å². The van der Waals surface area contributed by atoms with Crippen LogP contribution in [0.25, 0.3) is 0 Å². The second-order valence-corrected chi connectivity index (χ2v) is 11.8. The molecule has 3 N–H and O–H groups in total. The minimum Gasteiger partial charge on any atom is -0.344 e. The molecule has 0 aliphatic carbocycles. The fourth-order valence-corrected chi connectivity index (χ4v) is 5.99. The van der Waals surface area contributed by atoms with Crippen molar-refractivity contribution in [3.63, 3.8) is 0 Å². The van der Waals surface area contributed by atoms with Gasteiger partial charge >= 0.3 is 0 Å². The third kappa shape index (κ3) is 8.04. The van der Waals surface area contributed by atoms with E-state index >= 15 is 0 Å². The highest BCUT2D eigenvalue weighted by molar-refractivity contribution is 5.88. The van der Waals surface area contributed by atoms with Gasteiger partial charge in [-0.15, -0.1) is 12.4 Å². The second-order valence-electron chi connectivity index (χ2n) is 11.8. The lowest BCUT2D eigenvalue weighted by atomic mass is 9.95. The number of halogens is 1. The molecule has 236 valence electrons. The van der Waals surface area contributed by atoms with Crippen LogP contribution in [-0.2, 0) is 40.3 Å². The highest BCUT2D eigenvalue weighted by Crippen LogP contribution is 2.21. The molecule has 0 saturated heterocycles. The first-order valence-corrected chi connectivity index (χ1v) is 15.5. The van der Waals surface area contributed by atoms with Crippen molar-refractivity contribution in [3.8, 4) is 0 Å². The highest BCUT2D eigenvalue weighted by atomic mass is 35.5. The third-order valence-electron chi connectivity index (χ3n) is 8.63. The molecule has 2 aromatic carbocycles. The SMILES string of the molecule is CC[C@H](C)[C@@H]1NC(=O)CCCN(C(=O)[C@H]2Cc3ccccc3CN2)CCn2nc(C)nc2C(Cc2ccccc2)NC1=O.Cl. The van der Waals surface area contributed by atoms with E-state index in [0.29, 0.717) is 57.1 Å². The summed E-state index contributed by atoms with van der Waals surface area (Å²) < 4.78 is 1.83. The van der Waals surface area contributed by atoms with Gasteiger partial charge in [0.05, 0.1) is 18.6 Å². The van der Waals surface area contributed by atoms with Gasteiger partial charge in [-0.2, -0.15) is 5.10 Å². The molecule has 3 aromatic rings. The van der Waals surface area contributed by atoms with E-state index in [1.54, 1.807) is 0 Å². The van der Waals surface area contributed by atoms with Gasteiger partial charge in [-0.1, -0.05) is 74.9 Å². The molecular formula is C33H44ClN7O3. The number of hydrogen-bond acceptors (Lipinski definition) is 6. The van der Waals surface area contributed by atoms with Crippen LogP contribution in [0.2, 0.25) is 0 Å². The van der Waals surface area contributed by atoms with Gasteiger partial charge in [0.2, 0.25) is 17.7 Å². The summed E-state index contributed by atoms with van der Waals surface area (Å²) in [6.07, 6.45) is 2.60. The molecule has 0 spiro atoms. The highest BCUT2D eigenvalue weighted by Gasteiger charge is 2.32. The van der Waals surface area contributed by atoms with Gasteiger partial charge in [-0.3, -0.25) is 14.4 Å². The quantitative estimate of drug-likeness (QED) is 0.402. The average molecular weight is 622 g/mol. The van der Waals surface area contributed by atoms with Crippen LogP contribution in [0.15, 0.2) is 54.6 Å². The Hall–Kier alpha value is -3.76. The molecule has 0 fully saturated rings. The lowest BCUT2D eigenvalue weighted by Crippen LogP contribution is -2.52. The molecule has 11 heteroatoms. The van der Waals surface area contributed by atoms with E-state index in [0.717, 1.165) is 12.0 Å². The largest absolute Gasteiger partial charge is 0.344 e. The monoisotopic (exact) mass is 621 g/mol. The summed E-state index contributed by atoms with van der Waals surface area (Å²) in [6.45, 7) is 7.74. The van der Waals surface area contributed by atoms with Crippen LogP contribution in [0.1, 0.15) is 67.5 Å². The topological polar surface area (TPSA) is 121 Å². The van der Waals surface area contributed by atoms with Crippen molar-refractivity contribution in [1.29, 1.82) is 0 Å². The summed E-state index contributed by atoms with van der Waals surface area (Å²) in [4.78, 5) is 47.3. The lowest BCUT2D eigenvalue weighted by Gasteiger charge is -2.32. The Morgan fingerprint density at radius 3 is 2.48 bits per heavy atom. The van der Waals surface area contributed by atoms with Gasteiger partial charge < -0.3 is 20.9 Å². The van der Waals surface area contributed by atoms with E-state index in [-0.39, 0.29) is 48.5 Å². The Bertz CT molecular complexity index is 1430. The predicted molar refractivity (Wildman–Crippen MR) is 171 cm³/mol. The van der Waals surface area contributed by atoms with E-state index in [1.165, 1.54) is 11.1 Å². The number of benzene rings is 2. The van der Waals surface area contributed by atoms with Gasteiger partial charge in [-0.05, 0) is 48.8 Å². The van der Waals surface area contributed by atoms with Crippen molar-refractivity contribution in [3.05, 3.63) is 82.9 Å². The maximum Gasteiger partial charge on any atom is 0.243 e. The number of amides is 3. The average Bonchev–Trinajstić information content (AvgIpc) is 3.40. The molecule has 2 aliphatic heterocycles. The van der Waals surface area contributed by atoms with Crippen LogP contribution in [0.4, 0.5) is 0 Å². The van der Waals surface area contributed by atoms with Crippen molar-refractivity contribution in [1.82, 2.24) is 35.6 Å². The van der Waals surface area contributed by atoms with Crippen molar-refractivity contribution in [2.45, 2.75) is 84.1 Å². The molecule has 1 aromatic heterocycles. The third-order valence-corrected chi connectivity index (χ3v) is 8.63. The van der Waals surface area contributed by atoms with Crippen LogP contribution >= 0.6 is 12.4 Å². The number of carbonyl (C=O) groups is 3. The number of rotatable bonds is 5. The molecule has 0 saturated carbocycles. The van der Waals surface area contributed by atoms with Crippen LogP contribution in [0.5, 0.6) is 0 Å². The van der Waals surface area contributed by atoms with Crippen LogP contribution in [-0.4, -0.2) is 62.6 Å². The Balaban J connectivity index is 0.00000442. The lowest BCUT2D eigenvalue weighted by molar-refractivity contribution is -0.134. The van der Waals surface area contributed by atoms with E-state index < -0.39 is 12.1 Å². The fourth-order valence-electron chi connectivity index (χ4n) is 5.99. The molecule has 0 bridgehead atoms. The number of nitrogens with zero attached hydrogens (tertiary/aromatic N) is 4. The van der Waals surface area contributed by atoms with Crippen molar-refractivity contribution < 1.29 is 14.4 Å². The summed E-state index contributed by atoms with van der Waals surface area (Å²) in [6, 6.07) is 16.7. The maximum atomic E-state index is 13.9. The van der Waals surface area contributed by atoms with Gasteiger partial charge in [0.1, 0.15) is 17.7 Å². The standard InChI is InChI=1S/C33H43N7O3.ClH/c1-4-22(2)30-32(42)36-27(19-24-11-6-5-7-12-24)31-35-23(3)38-40(31)18-17-39(16-10-15-29(41)37-30)33(43)28-20-25-13-8-9-14-26(25)21-34-28;/h5-9,11-14,22,27-28,30,34H,4,10,15-21H2,1-3H3,(H,36,42)(H,37,41);1H/t22-,27?,28+,30-;/m0./s1. The molecular weight excluding hydrogens is 578 g/mol. The Morgan fingerprint density at radius 2 is 1.73 bits per heavy atom. The summed E-state index contributed by atoms with van der Waals surface area (Å²) >= 11 is 0. The number of aromatic nitrogens is 3. The van der Waals surface area contributed by atoms with Crippen molar-refractivity contribution in [2.75, 3.05) is 13.1 Å². The number of fused-ring (bicyclic) bond motifs is 2. The van der Waals surface area contributed by atoms with Gasteiger partial charge in [0.25, 0.3) is 0 Å². The van der Waals surface area contributed by atoms with Crippen LogP contribution < -0.4 is 16.0 Å². The number of hydrogen-bond donors (Lipinski definition) is 3. The molecule has 1 unspecified atom stereocenters. The molecule has 2 aliphatic rings. The molecule has 4 atom stereocenters. The number of nitrogens with one attached hydrogen (secondary N) is 3. The molecule has 44 heavy (non-hydrogen) atoms. The minimum atomic E-state index is -0.680. The fraction of sp³-hybridized carbons (Fsp3) is 0.485. The molecule has 5 rings (SSSR count). The number of carbonyl (C=O) groups excluding carboxylic acids is 3. The minimum absolute atomic E-state index is 0. The van der Waals surface area contributed by atoms with Gasteiger partial charge in [-0.25, -0.2) is 9.67 Å². The zero-order chi connectivity index (χ0) is 30.3. The van der Waals surface area contributed by atoms with Gasteiger partial charge in [0, 0.05) is 26.1 Å². The zero-order valence-electron chi connectivity index (χ0n) is 25.8. The summed E-state index contributed by atoms with van der Waals surface area (Å²) in [7, 11) is 0. The first-order chi connectivity index (χ1) is 20.8. The number of aryl methyl sites for hydroxylation is 1. The van der Waals surface area contributed by atoms with Crippen molar-refractivity contribution in [2.24, 2.45) is 5.92 Å². The van der Waals surface area contributed by atoms with E-state index in [9.17, 15) is 14.4 Å². The maximum absolute atomic E-state index is 13.9. The Morgan fingerprint density at radius 1 is 1.00 bits per heavy atom. The summed E-state index contributed by atoms with van der Waals surface area (Å²) in [5, 5.41) is 14.3. The van der Waals surface area contributed by atoms with Crippen molar-refractivity contribution >= 4 is 30.1 Å². The molecule has 3 heterocycles. The first-order valence-electron chi connectivity index (χ1n) is 15.5. The molecule has 10 nitrogen and oxygen atoms in total. The Kier molecular flexibility index (Phi) is 11.5. The second kappa shape index (κ2) is 15.3. The molecule has 3 amide bonds. The zero-order valence-corrected chi connectivity index (χ0v) is 26.6.